The maximum absolute atomic E-state index is 10.6. The van der Waals surface area contributed by atoms with Crippen molar-refractivity contribution in [2.75, 3.05) is 66.2 Å². The van der Waals surface area contributed by atoms with Gasteiger partial charge in [0.25, 0.3) is 10.1 Å². The van der Waals surface area contributed by atoms with E-state index in [1.807, 2.05) is 45.9 Å². The summed E-state index contributed by atoms with van der Waals surface area (Å²) in [4.78, 5) is 0. The van der Waals surface area contributed by atoms with Gasteiger partial charge in [0, 0.05) is 0 Å². The van der Waals surface area contributed by atoms with Crippen molar-refractivity contribution >= 4 is 22.7 Å². The van der Waals surface area contributed by atoms with Gasteiger partial charge in [-0.15, -0.1) is 0 Å². The van der Waals surface area contributed by atoms with E-state index in [2.05, 4.69) is 4.18 Å². The molecule has 3 heterocycles. The van der Waals surface area contributed by atoms with Crippen LogP contribution in [0, 0.1) is 0 Å². The number of ether oxygens (including phenoxy) is 6. The van der Waals surface area contributed by atoms with Gasteiger partial charge < -0.3 is 37.7 Å². The second kappa shape index (κ2) is 13.1. The highest BCUT2D eigenvalue weighted by molar-refractivity contribution is 7.85. The Kier molecular flexibility index (Phi) is 10.6. The average Bonchev–Trinajstić information content (AvgIpc) is 3.09. The van der Waals surface area contributed by atoms with Gasteiger partial charge in [-0.05, 0) is 45.3 Å². The monoisotopic (exact) mass is 546 g/mol. The minimum absolute atomic E-state index is 0.0405. The van der Waals surface area contributed by atoms with Crippen LogP contribution in [0.15, 0.2) is 18.2 Å². The second-order valence-electron chi connectivity index (χ2n) is 9.93. The molecule has 11 nitrogen and oxygen atoms in total. The van der Waals surface area contributed by atoms with Crippen molar-refractivity contribution in [3.05, 3.63) is 18.2 Å². The van der Waals surface area contributed by atoms with Gasteiger partial charge in [-0.25, -0.2) is 0 Å². The summed E-state index contributed by atoms with van der Waals surface area (Å²) in [6.07, 6.45) is 0.700. The average molecular weight is 546 g/mol. The van der Waals surface area contributed by atoms with Crippen LogP contribution in [-0.2, 0) is 42.6 Å². The topological polar surface area (TPSA) is 117 Å². The molecular formula is C24H39BO11S. The molecule has 0 unspecified atom stereocenters. The zero-order valence-electron chi connectivity index (χ0n) is 22.5. The Balaban J connectivity index is 0.000000266. The van der Waals surface area contributed by atoms with E-state index in [1.54, 1.807) is 7.11 Å². The number of methoxy groups -OCH3 is 1. The van der Waals surface area contributed by atoms with Crippen molar-refractivity contribution in [3.63, 3.8) is 0 Å². The summed E-state index contributed by atoms with van der Waals surface area (Å²) in [6, 6.07) is 5.72. The van der Waals surface area contributed by atoms with Crippen molar-refractivity contribution in [3.8, 4) is 11.5 Å². The Hall–Kier alpha value is -1.45. The molecule has 1 aromatic rings. The van der Waals surface area contributed by atoms with Crippen LogP contribution in [-0.4, -0.2) is 105 Å². The highest BCUT2D eigenvalue weighted by Gasteiger charge is 2.51. The van der Waals surface area contributed by atoms with Gasteiger partial charge in [-0.2, -0.15) is 8.42 Å². The van der Waals surface area contributed by atoms with Crippen molar-refractivity contribution in [1.29, 1.82) is 0 Å². The molecule has 3 aliphatic rings. The quantitative estimate of drug-likeness (QED) is 0.346. The predicted molar refractivity (Wildman–Crippen MR) is 136 cm³/mol. The van der Waals surface area contributed by atoms with Crippen LogP contribution >= 0.6 is 0 Å². The Morgan fingerprint density at radius 3 is 1.95 bits per heavy atom. The fourth-order valence-electron chi connectivity index (χ4n) is 3.58. The van der Waals surface area contributed by atoms with E-state index >= 15 is 0 Å². The summed E-state index contributed by atoms with van der Waals surface area (Å²) in [5, 5.41) is 0. The minimum atomic E-state index is -3.36. The van der Waals surface area contributed by atoms with E-state index in [9.17, 15) is 8.42 Å². The third kappa shape index (κ3) is 9.07. The second-order valence-corrected chi connectivity index (χ2v) is 11.6. The highest BCUT2D eigenvalue weighted by atomic mass is 32.2. The van der Waals surface area contributed by atoms with E-state index in [0.29, 0.717) is 57.7 Å². The van der Waals surface area contributed by atoms with Crippen LogP contribution in [0.25, 0.3) is 0 Å². The largest absolute Gasteiger partial charge is 0.494 e. The molecular weight excluding hydrogens is 507 g/mol. The molecule has 13 heteroatoms. The van der Waals surface area contributed by atoms with Gasteiger partial charge in [-0.1, -0.05) is 6.07 Å². The van der Waals surface area contributed by atoms with Crippen LogP contribution in [0.1, 0.15) is 27.7 Å². The number of benzene rings is 1. The zero-order valence-corrected chi connectivity index (χ0v) is 23.3. The minimum Gasteiger partial charge on any atom is -0.493 e. The zero-order chi connectivity index (χ0) is 27.1. The molecule has 1 aromatic carbocycles. The van der Waals surface area contributed by atoms with Gasteiger partial charge in [0.05, 0.1) is 70.8 Å². The van der Waals surface area contributed by atoms with E-state index in [0.717, 1.165) is 11.7 Å². The lowest BCUT2D eigenvalue weighted by Gasteiger charge is -2.32. The van der Waals surface area contributed by atoms with E-state index < -0.39 is 17.2 Å². The van der Waals surface area contributed by atoms with Crippen LogP contribution in [0.2, 0.25) is 0 Å². The van der Waals surface area contributed by atoms with Crippen LogP contribution in [0.3, 0.4) is 0 Å². The first-order valence-electron chi connectivity index (χ1n) is 12.3. The van der Waals surface area contributed by atoms with E-state index in [4.69, 9.17) is 37.7 Å². The number of hydrogen-bond acceptors (Lipinski definition) is 11. The molecule has 0 aromatic heterocycles. The fourth-order valence-corrected chi connectivity index (χ4v) is 3.98. The van der Waals surface area contributed by atoms with Crippen LogP contribution in [0.5, 0.6) is 11.5 Å². The molecule has 0 bridgehead atoms. The van der Waals surface area contributed by atoms with Gasteiger partial charge in [0.15, 0.2) is 11.5 Å². The molecule has 0 amide bonds. The lowest BCUT2D eigenvalue weighted by atomic mass is 9.79. The highest BCUT2D eigenvalue weighted by Crippen LogP contribution is 2.37. The maximum Gasteiger partial charge on any atom is 0.494 e. The summed E-state index contributed by atoms with van der Waals surface area (Å²) in [5.41, 5.74) is 0.150. The molecule has 3 saturated heterocycles. The van der Waals surface area contributed by atoms with Gasteiger partial charge >= 0.3 is 7.12 Å². The fraction of sp³-hybridized carbons (Fsp3) is 0.750. The molecule has 2 atom stereocenters. The molecule has 0 N–H and O–H groups in total. The van der Waals surface area contributed by atoms with Crippen LogP contribution < -0.4 is 14.9 Å². The van der Waals surface area contributed by atoms with Gasteiger partial charge in [0.1, 0.15) is 18.8 Å². The Labute approximate surface area is 220 Å². The third-order valence-corrected chi connectivity index (χ3v) is 6.94. The molecule has 37 heavy (non-hydrogen) atoms. The van der Waals surface area contributed by atoms with Crippen molar-refractivity contribution in [2.24, 2.45) is 0 Å². The first-order valence-corrected chi connectivity index (χ1v) is 14.1. The van der Waals surface area contributed by atoms with Crippen molar-refractivity contribution in [1.82, 2.24) is 0 Å². The molecule has 4 rings (SSSR count). The predicted octanol–water partition coefficient (Wildman–Crippen LogP) is 1.17. The molecule has 3 fully saturated rings. The molecule has 0 spiro atoms. The normalized spacial score (nSPS) is 25.2. The first kappa shape index (κ1) is 30.1. The number of rotatable bonds is 8. The van der Waals surface area contributed by atoms with E-state index in [-0.39, 0.29) is 30.0 Å². The Morgan fingerprint density at radius 1 is 0.892 bits per heavy atom. The van der Waals surface area contributed by atoms with Crippen LogP contribution in [0.4, 0.5) is 0 Å². The summed E-state index contributed by atoms with van der Waals surface area (Å²) in [6.45, 7) is 11.9. The summed E-state index contributed by atoms with van der Waals surface area (Å²) in [5.74, 6) is 1.31. The lowest BCUT2D eigenvalue weighted by molar-refractivity contribution is -0.101. The summed E-state index contributed by atoms with van der Waals surface area (Å²) >= 11 is 0. The van der Waals surface area contributed by atoms with E-state index in [1.165, 1.54) is 0 Å². The summed E-state index contributed by atoms with van der Waals surface area (Å²) in [7, 11) is -2.17. The standard InChI is InChI=1S/C18H27BO6.C6H12O5S/c1-17(2)18(3,4)25-19(24-17)13-6-7-15(16(10-13)20-5)23-12-14-11-21-8-9-22-14;1-12(7,8)11-5-6-4-9-2-3-10-6/h6-7,10,14H,8-9,11-12H2,1-5H3;6H,2-5H2,1H3/t14-;6-/m00/s1. The van der Waals surface area contributed by atoms with Gasteiger partial charge in [0.2, 0.25) is 0 Å². The SMILES string of the molecule is COc1cc(B2OC(C)(C)C(C)(C)O2)ccc1OC[C@@H]1COCCO1.CS(=O)(=O)OC[C@@H]1COCCO1. The van der Waals surface area contributed by atoms with Crippen molar-refractivity contribution < 1.29 is 50.3 Å². The molecule has 0 saturated carbocycles. The smallest absolute Gasteiger partial charge is 0.493 e. The molecule has 210 valence electrons. The lowest BCUT2D eigenvalue weighted by Crippen LogP contribution is -2.41. The molecule has 0 radical (unpaired) electrons. The third-order valence-electron chi connectivity index (χ3n) is 6.38. The maximum atomic E-state index is 10.6. The Bertz CT molecular complexity index is 941. The van der Waals surface area contributed by atoms with Crippen molar-refractivity contribution in [2.45, 2.75) is 51.1 Å². The van der Waals surface area contributed by atoms with Gasteiger partial charge in [-0.3, -0.25) is 4.18 Å². The first-order chi connectivity index (χ1) is 17.4. The Morgan fingerprint density at radius 2 is 1.46 bits per heavy atom. The summed E-state index contributed by atoms with van der Waals surface area (Å²) < 4.78 is 70.3. The molecule has 0 aliphatic carbocycles. The molecule has 3 aliphatic heterocycles. The number of hydrogen-bond donors (Lipinski definition) is 0.